The molecule has 28 heavy (non-hydrogen) atoms. The summed E-state index contributed by atoms with van der Waals surface area (Å²) in [5.74, 6) is 0.896. The van der Waals surface area contributed by atoms with Crippen LogP contribution in [0.25, 0.3) is 32.7 Å². The molecule has 1 aromatic carbocycles. The van der Waals surface area contributed by atoms with Gasteiger partial charge in [0.1, 0.15) is 11.4 Å². The first-order valence-electron chi connectivity index (χ1n) is 8.60. The van der Waals surface area contributed by atoms with Gasteiger partial charge in [-0.15, -0.1) is 11.3 Å². The molecule has 8 heteroatoms. The molecular formula is C20H14N4O2S2. The topological polar surface area (TPSA) is 73.8 Å². The van der Waals surface area contributed by atoms with Crippen molar-refractivity contribution >= 4 is 32.9 Å². The van der Waals surface area contributed by atoms with Gasteiger partial charge in [-0.1, -0.05) is 35.5 Å². The van der Waals surface area contributed by atoms with Gasteiger partial charge in [-0.2, -0.15) is 16.3 Å². The highest BCUT2D eigenvalue weighted by atomic mass is 32.1. The third-order valence-corrected chi connectivity index (χ3v) is 6.17. The number of nitrogens with zero attached hydrogens (tertiary/aromatic N) is 4. The van der Waals surface area contributed by atoms with E-state index in [4.69, 9.17) is 4.52 Å². The Morgan fingerprint density at radius 3 is 2.79 bits per heavy atom. The summed E-state index contributed by atoms with van der Waals surface area (Å²) in [5, 5.41) is 8.55. The van der Waals surface area contributed by atoms with Crippen LogP contribution in [0, 0.1) is 6.92 Å². The highest BCUT2D eigenvalue weighted by Gasteiger charge is 2.18. The van der Waals surface area contributed by atoms with Crippen LogP contribution >= 0.6 is 22.7 Å². The molecule has 0 N–H and O–H groups in total. The van der Waals surface area contributed by atoms with E-state index < -0.39 is 0 Å². The lowest BCUT2D eigenvalue weighted by Crippen LogP contribution is -2.21. The molecular weight excluding hydrogens is 392 g/mol. The molecule has 6 nitrogen and oxygen atoms in total. The van der Waals surface area contributed by atoms with Crippen molar-refractivity contribution in [3.8, 4) is 22.5 Å². The van der Waals surface area contributed by atoms with Gasteiger partial charge in [0, 0.05) is 21.4 Å². The SMILES string of the molecule is Cc1sc2ncn(Cc3nc(-c4ccsc4)no3)c(=O)c2c1-c1ccccc1. The second kappa shape index (κ2) is 6.81. The van der Waals surface area contributed by atoms with E-state index in [-0.39, 0.29) is 12.1 Å². The van der Waals surface area contributed by atoms with Gasteiger partial charge in [-0.05, 0) is 23.9 Å². The van der Waals surface area contributed by atoms with E-state index in [0.717, 1.165) is 26.4 Å². The largest absolute Gasteiger partial charge is 0.337 e. The molecule has 0 aliphatic heterocycles. The minimum atomic E-state index is -0.108. The minimum Gasteiger partial charge on any atom is -0.337 e. The van der Waals surface area contributed by atoms with Gasteiger partial charge in [0.05, 0.1) is 11.7 Å². The average molecular weight is 406 g/mol. The first kappa shape index (κ1) is 17.0. The molecule has 0 saturated heterocycles. The lowest BCUT2D eigenvalue weighted by atomic mass is 10.0. The fourth-order valence-electron chi connectivity index (χ4n) is 3.18. The number of fused-ring (bicyclic) bond motifs is 1. The first-order valence-corrected chi connectivity index (χ1v) is 10.4. The summed E-state index contributed by atoms with van der Waals surface area (Å²) >= 11 is 3.10. The van der Waals surface area contributed by atoms with Crippen molar-refractivity contribution in [1.82, 2.24) is 19.7 Å². The average Bonchev–Trinajstić information content (AvgIpc) is 3.44. The van der Waals surface area contributed by atoms with Crippen LogP contribution in [0.1, 0.15) is 10.8 Å². The van der Waals surface area contributed by atoms with Gasteiger partial charge in [0.2, 0.25) is 11.7 Å². The molecule has 0 aliphatic rings. The van der Waals surface area contributed by atoms with E-state index in [1.54, 1.807) is 17.7 Å². The fraction of sp³-hybridized carbons (Fsp3) is 0.100. The van der Waals surface area contributed by atoms with E-state index in [9.17, 15) is 4.79 Å². The Morgan fingerprint density at radius 2 is 2.00 bits per heavy atom. The van der Waals surface area contributed by atoms with E-state index in [1.807, 2.05) is 54.1 Å². The highest BCUT2D eigenvalue weighted by molar-refractivity contribution is 7.19. The standard InChI is InChI=1S/C20H14N4O2S2/c1-12-16(13-5-3-2-4-6-13)17-19(28-12)21-11-24(20(17)25)9-15-22-18(23-26-15)14-7-8-27-10-14/h2-8,10-11H,9H2,1H3. The predicted molar refractivity (Wildman–Crippen MR) is 111 cm³/mol. The third kappa shape index (κ3) is 2.87. The Bertz CT molecular complexity index is 1320. The number of aromatic nitrogens is 4. The first-order chi connectivity index (χ1) is 13.7. The van der Waals surface area contributed by atoms with Gasteiger partial charge < -0.3 is 4.52 Å². The lowest BCUT2D eigenvalue weighted by Gasteiger charge is -2.04. The Labute approximate surface area is 167 Å². The summed E-state index contributed by atoms with van der Waals surface area (Å²) in [7, 11) is 0. The van der Waals surface area contributed by atoms with Gasteiger partial charge in [0.25, 0.3) is 5.56 Å². The Kier molecular flexibility index (Phi) is 4.14. The van der Waals surface area contributed by atoms with Crippen LogP contribution in [0.3, 0.4) is 0 Å². The number of aryl methyl sites for hydroxylation is 1. The third-order valence-electron chi connectivity index (χ3n) is 4.47. The molecule has 0 aliphatic carbocycles. The predicted octanol–water partition coefficient (Wildman–Crippen LogP) is 4.59. The summed E-state index contributed by atoms with van der Waals surface area (Å²) in [6.45, 7) is 2.20. The highest BCUT2D eigenvalue weighted by Crippen LogP contribution is 2.35. The molecule has 0 unspecified atom stereocenters. The van der Waals surface area contributed by atoms with Crippen molar-refractivity contribution in [1.29, 1.82) is 0 Å². The van der Waals surface area contributed by atoms with E-state index >= 15 is 0 Å². The van der Waals surface area contributed by atoms with E-state index in [2.05, 4.69) is 15.1 Å². The molecule has 0 fully saturated rings. The zero-order valence-corrected chi connectivity index (χ0v) is 16.5. The fourth-order valence-corrected chi connectivity index (χ4v) is 4.81. The van der Waals surface area contributed by atoms with E-state index in [0.29, 0.717) is 17.1 Å². The lowest BCUT2D eigenvalue weighted by molar-refractivity contribution is 0.369. The summed E-state index contributed by atoms with van der Waals surface area (Å²) in [6.07, 6.45) is 1.55. The van der Waals surface area contributed by atoms with Crippen LogP contribution in [-0.2, 0) is 6.54 Å². The van der Waals surface area contributed by atoms with Crippen LogP contribution in [-0.4, -0.2) is 19.7 Å². The van der Waals surface area contributed by atoms with Crippen molar-refractivity contribution in [3.63, 3.8) is 0 Å². The van der Waals surface area contributed by atoms with Gasteiger partial charge in [-0.3, -0.25) is 9.36 Å². The summed E-state index contributed by atoms with van der Waals surface area (Å²) in [6, 6.07) is 11.9. The minimum absolute atomic E-state index is 0.108. The normalized spacial score (nSPS) is 11.3. The van der Waals surface area contributed by atoms with Crippen molar-refractivity contribution < 1.29 is 4.52 Å². The number of hydrogen-bond acceptors (Lipinski definition) is 7. The number of hydrogen-bond donors (Lipinski definition) is 0. The van der Waals surface area contributed by atoms with E-state index in [1.165, 1.54) is 15.9 Å². The molecule has 0 atom stereocenters. The Morgan fingerprint density at radius 1 is 1.14 bits per heavy atom. The number of benzene rings is 1. The molecule has 138 valence electrons. The molecule has 0 spiro atoms. The van der Waals surface area contributed by atoms with Crippen LogP contribution in [0.2, 0.25) is 0 Å². The quantitative estimate of drug-likeness (QED) is 0.436. The van der Waals surface area contributed by atoms with Gasteiger partial charge >= 0.3 is 0 Å². The van der Waals surface area contributed by atoms with Crippen molar-refractivity contribution in [2.75, 3.05) is 0 Å². The summed E-state index contributed by atoms with van der Waals surface area (Å²) in [5.41, 5.74) is 2.75. The smallest absolute Gasteiger partial charge is 0.263 e. The molecule has 0 radical (unpaired) electrons. The molecule has 4 aromatic heterocycles. The van der Waals surface area contributed by atoms with Crippen molar-refractivity contribution in [3.05, 3.63) is 74.6 Å². The maximum Gasteiger partial charge on any atom is 0.263 e. The van der Waals surface area contributed by atoms with Crippen molar-refractivity contribution in [2.24, 2.45) is 0 Å². The molecule has 0 saturated carbocycles. The van der Waals surface area contributed by atoms with Crippen molar-refractivity contribution in [2.45, 2.75) is 13.5 Å². The van der Waals surface area contributed by atoms with Gasteiger partial charge in [0.15, 0.2) is 0 Å². The summed E-state index contributed by atoms with van der Waals surface area (Å²) < 4.78 is 6.86. The number of rotatable bonds is 4. The Hall–Kier alpha value is -3.10. The second-order valence-corrected chi connectivity index (χ2v) is 8.26. The second-order valence-electron chi connectivity index (χ2n) is 6.28. The zero-order chi connectivity index (χ0) is 19.1. The Balaban J connectivity index is 1.58. The zero-order valence-electron chi connectivity index (χ0n) is 14.8. The molecule has 0 bridgehead atoms. The monoisotopic (exact) mass is 406 g/mol. The summed E-state index contributed by atoms with van der Waals surface area (Å²) in [4.78, 5) is 23.9. The number of thiophene rings is 2. The van der Waals surface area contributed by atoms with Crippen LogP contribution < -0.4 is 5.56 Å². The maximum absolute atomic E-state index is 13.2. The van der Waals surface area contributed by atoms with Crippen LogP contribution in [0.5, 0.6) is 0 Å². The van der Waals surface area contributed by atoms with Crippen LogP contribution in [0.15, 0.2) is 62.8 Å². The molecule has 5 rings (SSSR count). The maximum atomic E-state index is 13.2. The van der Waals surface area contributed by atoms with Crippen LogP contribution in [0.4, 0.5) is 0 Å². The molecule has 5 aromatic rings. The van der Waals surface area contributed by atoms with Gasteiger partial charge in [-0.25, -0.2) is 4.98 Å². The molecule has 4 heterocycles. The molecule has 0 amide bonds.